The monoisotopic (exact) mass is 301 g/mol. The molecule has 0 saturated carbocycles. The molecule has 0 amide bonds. The summed E-state index contributed by atoms with van der Waals surface area (Å²) in [6.45, 7) is 3.72. The van der Waals surface area contributed by atoms with Crippen molar-refractivity contribution in [1.82, 2.24) is 4.98 Å². The lowest BCUT2D eigenvalue weighted by atomic mass is 10.1. The largest absolute Gasteiger partial charge is 0.252 e. The molecule has 0 radical (unpaired) electrons. The maximum atomic E-state index is 13.4. The number of halogens is 2. The van der Waals surface area contributed by atoms with Crippen LogP contribution in [0.25, 0.3) is 10.9 Å². The van der Waals surface area contributed by atoms with Crippen LogP contribution in [0, 0.1) is 23.2 Å². The first kappa shape index (κ1) is 9.83. The minimum atomic E-state index is -0.160. The molecule has 1 aromatic carbocycles. The minimum absolute atomic E-state index is 0.160. The van der Waals surface area contributed by atoms with Gasteiger partial charge in [0.2, 0.25) is 0 Å². The summed E-state index contributed by atoms with van der Waals surface area (Å²) in [6.07, 6.45) is 0. The third-order valence-electron chi connectivity index (χ3n) is 2.24. The van der Waals surface area contributed by atoms with E-state index in [0.29, 0.717) is 5.56 Å². The molecule has 0 unspecified atom stereocenters. The lowest BCUT2D eigenvalue weighted by Crippen LogP contribution is -1.93. The van der Waals surface area contributed by atoms with Gasteiger partial charge in [-0.05, 0) is 48.6 Å². The number of pyridine rings is 1. The van der Waals surface area contributed by atoms with Gasteiger partial charge in [0.1, 0.15) is 5.82 Å². The smallest absolute Gasteiger partial charge is 0.127 e. The topological polar surface area (TPSA) is 12.9 Å². The molecule has 1 aromatic heterocycles. The Hall–Kier alpha value is -0.710. The Morgan fingerprint density at radius 2 is 2.00 bits per heavy atom. The molecular weight excluding hydrogens is 292 g/mol. The molecule has 0 aliphatic heterocycles. The summed E-state index contributed by atoms with van der Waals surface area (Å²) in [5.74, 6) is -0.160. The van der Waals surface area contributed by atoms with Gasteiger partial charge in [0, 0.05) is 20.2 Å². The van der Waals surface area contributed by atoms with Crippen LogP contribution in [0.15, 0.2) is 18.2 Å². The van der Waals surface area contributed by atoms with Crippen molar-refractivity contribution in [3.63, 3.8) is 0 Å². The van der Waals surface area contributed by atoms with E-state index in [2.05, 4.69) is 27.6 Å². The predicted octanol–water partition coefficient (Wildman–Crippen LogP) is 3.60. The van der Waals surface area contributed by atoms with Crippen LogP contribution in [0.4, 0.5) is 4.39 Å². The fourth-order valence-electron chi connectivity index (χ4n) is 1.39. The van der Waals surface area contributed by atoms with E-state index < -0.39 is 0 Å². The standard InChI is InChI=1S/C11H9FIN/c1-6-3-4-8-5-9(12)7(2)10(13)11(8)14-6/h3-5H,1-2H3. The Kier molecular flexibility index (Phi) is 2.43. The highest BCUT2D eigenvalue weighted by Crippen LogP contribution is 2.24. The number of hydrogen-bond acceptors (Lipinski definition) is 1. The second-order valence-corrected chi connectivity index (χ2v) is 4.40. The van der Waals surface area contributed by atoms with Gasteiger partial charge in [-0.15, -0.1) is 0 Å². The average Bonchev–Trinajstić information content (AvgIpc) is 2.16. The van der Waals surface area contributed by atoms with E-state index >= 15 is 0 Å². The van der Waals surface area contributed by atoms with Gasteiger partial charge >= 0.3 is 0 Å². The zero-order valence-electron chi connectivity index (χ0n) is 7.94. The maximum Gasteiger partial charge on any atom is 0.127 e. The van der Waals surface area contributed by atoms with Gasteiger partial charge in [-0.1, -0.05) is 6.07 Å². The normalized spacial score (nSPS) is 10.9. The van der Waals surface area contributed by atoms with E-state index in [-0.39, 0.29) is 5.82 Å². The molecular formula is C11H9FIN. The molecule has 0 atom stereocenters. The first-order chi connectivity index (χ1) is 6.59. The molecule has 0 saturated heterocycles. The Labute approximate surface area is 95.5 Å². The first-order valence-electron chi connectivity index (χ1n) is 4.31. The second-order valence-electron chi connectivity index (χ2n) is 3.32. The van der Waals surface area contributed by atoms with Crippen LogP contribution >= 0.6 is 22.6 Å². The van der Waals surface area contributed by atoms with Crippen LogP contribution in [0.5, 0.6) is 0 Å². The second kappa shape index (κ2) is 3.46. The van der Waals surface area contributed by atoms with E-state index in [1.807, 2.05) is 19.1 Å². The van der Waals surface area contributed by atoms with Gasteiger partial charge in [-0.3, -0.25) is 4.98 Å². The quantitative estimate of drug-likeness (QED) is 0.678. The molecule has 2 aromatic rings. The van der Waals surface area contributed by atoms with Crippen molar-refractivity contribution in [2.75, 3.05) is 0 Å². The summed E-state index contributed by atoms with van der Waals surface area (Å²) in [6, 6.07) is 5.34. The molecule has 0 fully saturated rings. The van der Waals surface area contributed by atoms with E-state index in [4.69, 9.17) is 0 Å². The van der Waals surface area contributed by atoms with Crippen LogP contribution in [-0.2, 0) is 0 Å². The molecule has 14 heavy (non-hydrogen) atoms. The van der Waals surface area contributed by atoms with Crippen molar-refractivity contribution in [3.8, 4) is 0 Å². The van der Waals surface area contributed by atoms with Crippen LogP contribution < -0.4 is 0 Å². The Morgan fingerprint density at radius 3 is 2.71 bits per heavy atom. The third-order valence-corrected chi connectivity index (χ3v) is 3.56. The predicted molar refractivity (Wildman–Crippen MR) is 63.9 cm³/mol. The lowest BCUT2D eigenvalue weighted by Gasteiger charge is -2.05. The SMILES string of the molecule is Cc1ccc2cc(F)c(C)c(I)c2n1. The lowest BCUT2D eigenvalue weighted by molar-refractivity contribution is 0.619. The summed E-state index contributed by atoms with van der Waals surface area (Å²) in [5.41, 5.74) is 2.53. The number of aryl methyl sites for hydroxylation is 1. The highest BCUT2D eigenvalue weighted by atomic mass is 127. The summed E-state index contributed by atoms with van der Waals surface area (Å²) >= 11 is 2.14. The van der Waals surface area contributed by atoms with Crippen molar-refractivity contribution in [2.24, 2.45) is 0 Å². The number of aromatic nitrogens is 1. The van der Waals surface area contributed by atoms with Crippen molar-refractivity contribution in [1.29, 1.82) is 0 Å². The Balaban J connectivity index is 2.92. The molecule has 1 heterocycles. The molecule has 0 aliphatic carbocycles. The van der Waals surface area contributed by atoms with E-state index in [0.717, 1.165) is 20.2 Å². The first-order valence-corrected chi connectivity index (χ1v) is 5.39. The van der Waals surface area contributed by atoms with E-state index in [1.54, 1.807) is 13.0 Å². The highest BCUT2D eigenvalue weighted by molar-refractivity contribution is 14.1. The molecule has 0 aliphatic rings. The molecule has 2 rings (SSSR count). The van der Waals surface area contributed by atoms with Crippen LogP contribution in [0.2, 0.25) is 0 Å². The van der Waals surface area contributed by atoms with Gasteiger partial charge in [0.05, 0.1) is 5.52 Å². The molecule has 72 valence electrons. The van der Waals surface area contributed by atoms with Gasteiger partial charge in [0.15, 0.2) is 0 Å². The Bertz CT molecular complexity index is 508. The third kappa shape index (κ3) is 1.49. The van der Waals surface area contributed by atoms with Gasteiger partial charge in [-0.2, -0.15) is 0 Å². The van der Waals surface area contributed by atoms with E-state index in [9.17, 15) is 4.39 Å². The number of nitrogens with zero attached hydrogens (tertiary/aromatic N) is 1. The highest BCUT2D eigenvalue weighted by Gasteiger charge is 2.08. The minimum Gasteiger partial charge on any atom is -0.252 e. The zero-order valence-corrected chi connectivity index (χ0v) is 10.1. The summed E-state index contributed by atoms with van der Waals surface area (Å²) in [4.78, 5) is 4.40. The molecule has 0 bridgehead atoms. The molecule has 3 heteroatoms. The number of hydrogen-bond donors (Lipinski definition) is 0. The van der Waals surface area contributed by atoms with Crippen LogP contribution in [0.3, 0.4) is 0 Å². The van der Waals surface area contributed by atoms with Crippen molar-refractivity contribution in [3.05, 3.63) is 38.8 Å². The number of benzene rings is 1. The zero-order chi connectivity index (χ0) is 10.3. The molecule has 0 N–H and O–H groups in total. The van der Waals surface area contributed by atoms with Crippen molar-refractivity contribution < 1.29 is 4.39 Å². The molecule has 0 spiro atoms. The van der Waals surface area contributed by atoms with Crippen molar-refractivity contribution >= 4 is 33.5 Å². The summed E-state index contributed by atoms with van der Waals surface area (Å²) in [7, 11) is 0. The maximum absolute atomic E-state index is 13.4. The van der Waals surface area contributed by atoms with Gasteiger partial charge in [-0.25, -0.2) is 4.39 Å². The summed E-state index contributed by atoms with van der Waals surface area (Å²) in [5, 5.41) is 0.864. The van der Waals surface area contributed by atoms with Gasteiger partial charge < -0.3 is 0 Å². The fraction of sp³-hybridized carbons (Fsp3) is 0.182. The van der Waals surface area contributed by atoms with Gasteiger partial charge in [0.25, 0.3) is 0 Å². The molecule has 1 nitrogen and oxygen atoms in total. The summed E-state index contributed by atoms with van der Waals surface area (Å²) < 4.78 is 14.3. The van der Waals surface area contributed by atoms with Crippen LogP contribution in [0.1, 0.15) is 11.3 Å². The van der Waals surface area contributed by atoms with E-state index in [1.165, 1.54) is 0 Å². The van der Waals surface area contributed by atoms with Crippen LogP contribution in [-0.4, -0.2) is 4.98 Å². The average molecular weight is 301 g/mol. The van der Waals surface area contributed by atoms with Crippen molar-refractivity contribution in [2.45, 2.75) is 13.8 Å². The number of fused-ring (bicyclic) bond motifs is 1. The Morgan fingerprint density at radius 1 is 1.29 bits per heavy atom. The number of rotatable bonds is 0. The fourth-order valence-corrected chi connectivity index (χ4v) is 2.08.